The summed E-state index contributed by atoms with van der Waals surface area (Å²) in [6.45, 7) is 1.76. The lowest BCUT2D eigenvalue weighted by Gasteiger charge is -2.06. The fraction of sp³-hybridized carbons (Fsp3) is 0.143. The van der Waals surface area contributed by atoms with Gasteiger partial charge in [-0.25, -0.2) is 5.43 Å². The quantitative estimate of drug-likeness (QED) is 0.656. The second-order valence-corrected chi connectivity index (χ2v) is 4.53. The van der Waals surface area contributed by atoms with Crippen LogP contribution in [0.15, 0.2) is 41.6 Å². The van der Waals surface area contributed by atoms with Gasteiger partial charge in [0.25, 0.3) is 5.91 Å². The molecule has 0 saturated heterocycles. The number of amides is 1. The highest BCUT2D eigenvalue weighted by Gasteiger charge is 2.03. The van der Waals surface area contributed by atoms with Gasteiger partial charge < -0.3 is 9.72 Å². The predicted octanol–water partition coefficient (Wildman–Crippen LogP) is 2.51. The van der Waals surface area contributed by atoms with E-state index in [0.717, 1.165) is 11.3 Å². The van der Waals surface area contributed by atoms with E-state index in [-0.39, 0.29) is 12.5 Å². The Balaban J connectivity index is 1.78. The molecule has 1 aromatic heterocycles. The summed E-state index contributed by atoms with van der Waals surface area (Å²) >= 11 is 5.90. The minimum atomic E-state index is -0.333. The van der Waals surface area contributed by atoms with Crippen LogP contribution in [0.2, 0.25) is 5.02 Å². The summed E-state index contributed by atoms with van der Waals surface area (Å²) < 4.78 is 5.34. The number of aromatic nitrogens is 1. The Bertz CT molecular complexity index is 609. The second kappa shape index (κ2) is 6.77. The zero-order valence-corrected chi connectivity index (χ0v) is 11.6. The minimum absolute atomic E-state index is 0.108. The van der Waals surface area contributed by atoms with Gasteiger partial charge in [0.05, 0.1) is 11.9 Å². The van der Waals surface area contributed by atoms with E-state index in [1.165, 1.54) is 6.21 Å². The van der Waals surface area contributed by atoms with Gasteiger partial charge in [-0.05, 0) is 42.8 Å². The first-order valence-electron chi connectivity index (χ1n) is 5.99. The van der Waals surface area contributed by atoms with Crippen molar-refractivity contribution in [3.63, 3.8) is 0 Å². The number of hydrogen-bond donors (Lipinski definition) is 2. The molecule has 0 unspecified atom stereocenters. The van der Waals surface area contributed by atoms with E-state index >= 15 is 0 Å². The van der Waals surface area contributed by atoms with Crippen molar-refractivity contribution in [1.82, 2.24) is 10.4 Å². The largest absolute Gasteiger partial charge is 0.484 e. The van der Waals surface area contributed by atoms with Crippen LogP contribution < -0.4 is 10.2 Å². The lowest BCUT2D eigenvalue weighted by Crippen LogP contribution is -2.24. The Labute approximate surface area is 121 Å². The third-order valence-corrected chi connectivity index (χ3v) is 2.94. The number of carbonyl (C=O) groups excluding carboxylic acids is 1. The average Bonchev–Trinajstić information content (AvgIpc) is 2.93. The summed E-state index contributed by atoms with van der Waals surface area (Å²) in [5.74, 6) is 0.260. The molecule has 0 aliphatic heterocycles. The zero-order chi connectivity index (χ0) is 14.4. The van der Waals surface area contributed by atoms with Gasteiger partial charge in [0, 0.05) is 11.2 Å². The third kappa shape index (κ3) is 4.13. The number of aryl methyl sites for hydroxylation is 1. The number of halogens is 1. The Morgan fingerprint density at radius 3 is 3.05 bits per heavy atom. The number of hydrogen-bond acceptors (Lipinski definition) is 3. The SMILES string of the molecule is Cc1cc(OCC(=O)N/N=C/c2ccc[nH]2)ccc1Cl. The molecule has 0 fully saturated rings. The number of hydrazone groups is 1. The van der Waals surface area contributed by atoms with Crippen molar-refractivity contribution in [2.45, 2.75) is 6.92 Å². The molecule has 0 bridgehead atoms. The summed E-state index contributed by atoms with van der Waals surface area (Å²) in [6.07, 6.45) is 3.29. The molecule has 0 atom stereocenters. The van der Waals surface area contributed by atoms with Crippen molar-refractivity contribution < 1.29 is 9.53 Å². The minimum Gasteiger partial charge on any atom is -0.484 e. The molecule has 20 heavy (non-hydrogen) atoms. The van der Waals surface area contributed by atoms with Crippen molar-refractivity contribution in [3.05, 3.63) is 52.8 Å². The van der Waals surface area contributed by atoms with Crippen LogP contribution in [0.4, 0.5) is 0 Å². The Morgan fingerprint density at radius 1 is 1.50 bits per heavy atom. The third-order valence-electron chi connectivity index (χ3n) is 2.51. The van der Waals surface area contributed by atoms with E-state index in [1.807, 2.05) is 19.1 Å². The van der Waals surface area contributed by atoms with Gasteiger partial charge >= 0.3 is 0 Å². The van der Waals surface area contributed by atoms with E-state index < -0.39 is 0 Å². The summed E-state index contributed by atoms with van der Waals surface area (Å²) in [7, 11) is 0. The van der Waals surface area contributed by atoms with Crippen molar-refractivity contribution in [3.8, 4) is 5.75 Å². The maximum Gasteiger partial charge on any atom is 0.277 e. The van der Waals surface area contributed by atoms with Crippen molar-refractivity contribution >= 4 is 23.7 Å². The van der Waals surface area contributed by atoms with Crippen LogP contribution in [0.1, 0.15) is 11.3 Å². The van der Waals surface area contributed by atoms with E-state index in [9.17, 15) is 4.79 Å². The summed E-state index contributed by atoms with van der Waals surface area (Å²) in [4.78, 5) is 14.4. The van der Waals surface area contributed by atoms with Crippen LogP contribution in [0.25, 0.3) is 0 Å². The second-order valence-electron chi connectivity index (χ2n) is 4.12. The fourth-order valence-corrected chi connectivity index (χ4v) is 1.60. The predicted molar refractivity (Wildman–Crippen MR) is 78.2 cm³/mol. The normalized spacial score (nSPS) is 10.7. The highest BCUT2D eigenvalue weighted by atomic mass is 35.5. The lowest BCUT2D eigenvalue weighted by molar-refractivity contribution is -0.123. The van der Waals surface area contributed by atoms with Crippen LogP contribution in [0.3, 0.4) is 0 Å². The molecule has 1 amide bonds. The van der Waals surface area contributed by atoms with Crippen molar-refractivity contribution in [1.29, 1.82) is 0 Å². The molecule has 0 saturated carbocycles. The number of rotatable bonds is 5. The van der Waals surface area contributed by atoms with E-state index in [0.29, 0.717) is 10.8 Å². The topological polar surface area (TPSA) is 66.5 Å². The molecular weight excluding hydrogens is 278 g/mol. The summed E-state index contributed by atoms with van der Waals surface area (Å²) in [6, 6.07) is 8.90. The number of nitrogens with zero attached hydrogens (tertiary/aromatic N) is 1. The van der Waals surface area contributed by atoms with Gasteiger partial charge in [-0.3, -0.25) is 4.79 Å². The Hall–Kier alpha value is -2.27. The summed E-state index contributed by atoms with van der Waals surface area (Å²) in [5.41, 5.74) is 4.08. The van der Waals surface area contributed by atoms with Crippen LogP contribution in [-0.2, 0) is 4.79 Å². The molecule has 0 aliphatic rings. The first-order valence-corrected chi connectivity index (χ1v) is 6.37. The van der Waals surface area contributed by atoms with Crippen LogP contribution >= 0.6 is 11.6 Å². The van der Waals surface area contributed by atoms with Gasteiger partial charge in [0.15, 0.2) is 6.61 Å². The molecule has 5 nitrogen and oxygen atoms in total. The molecule has 2 rings (SSSR count). The highest BCUT2D eigenvalue weighted by Crippen LogP contribution is 2.20. The first-order chi connectivity index (χ1) is 9.65. The van der Waals surface area contributed by atoms with E-state index in [1.54, 1.807) is 24.4 Å². The zero-order valence-electron chi connectivity index (χ0n) is 10.9. The number of nitrogens with one attached hydrogen (secondary N) is 2. The van der Waals surface area contributed by atoms with Gasteiger partial charge in [-0.2, -0.15) is 5.10 Å². The fourth-order valence-electron chi connectivity index (χ4n) is 1.49. The maximum absolute atomic E-state index is 11.5. The van der Waals surface area contributed by atoms with Crippen LogP contribution in [0, 0.1) is 6.92 Å². The van der Waals surface area contributed by atoms with Crippen LogP contribution in [-0.4, -0.2) is 23.7 Å². The molecule has 0 spiro atoms. The number of aromatic amines is 1. The molecule has 2 N–H and O–H groups in total. The number of benzene rings is 1. The number of H-pyrrole nitrogens is 1. The first kappa shape index (κ1) is 14.1. The van der Waals surface area contributed by atoms with Crippen molar-refractivity contribution in [2.24, 2.45) is 5.10 Å². The molecular formula is C14H14ClN3O2. The molecule has 104 valence electrons. The molecule has 6 heteroatoms. The van der Waals surface area contributed by atoms with Gasteiger partial charge in [0.2, 0.25) is 0 Å². The van der Waals surface area contributed by atoms with E-state index in [2.05, 4.69) is 15.5 Å². The molecule has 0 aliphatic carbocycles. The van der Waals surface area contributed by atoms with Gasteiger partial charge in [-0.15, -0.1) is 0 Å². The van der Waals surface area contributed by atoms with Gasteiger partial charge in [0.1, 0.15) is 5.75 Å². The summed E-state index contributed by atoms with van der Waals surface area (Å²) in [5, 5.41) is 4.47. The van der Waals surface area contributed by atoms with Gasteiger partial charge in [-0.1, -0.05) is 11.6 Å². The standard InChI is InChI=1S/C14H14ClN3O2/c1-10-7-12(4-5-13(10)15)20-9-14(19)18-17-8-11-3-2-6-16-11/h2-8,16H,9H2,1H3,(H,18,19)/b17-8+. The monoisotopic (exact) mass is 291 g/mol. The molecule has 1 heterocycles. The van der Waals surface area contributed by atoms with Crippen molar-refractivity contribution in [2.75, 3.05) is 6.61 Å². The molecule has 0 radical (unpaired) electrons. The maximum atomic E-state index is 11.5. The van der Waals surface area contributed by atoms with E-state index in [4.69, 9.17) is 16.3 Å². The Morgan fingerprint density at radius 2 is 2.35 bits per heavy atom. The van der Waals surface area contributed by atoms with Crippen LogP contribution in [0.5, 0.6) is 5.75 Å². The lowest BCUT2D eigenvalue weighted by atomic mass is 10.2. The average molecular weight is 292 g/mol. The highest BCUT2D eigenvalue weighted by molar-refractivity contribution is 6.31. The Kier molecular flexibility index (Phi) is 4.79. The number of carbonyl (C=O) groups is 1. The number of ether oxygens (including phenoxy) is 1. The molecule has 1 aromatic carbocycles. The molecule has 2 aromatic rings. The smallest absolute Gasteiger partial charge is 0.277 e.